The zero-order valence-corrected chi connectivity index (χ0v) is 9.75. The van der Waals surface area contributed by atoms with Gasteiger partial charge in [0.1, 0.15) is 0 Å². The Labute approximate surface area is 86.7 Å². The van der Waals surface area contributed by atoms with Crippen LogP contribution in [0.4, 0.5) is 0 Å². The topological polar surface area (TPSA) is 43.7 Å². The van der Waals surface area contributed by atoms with E-state index in [-0.39, 0.29) is 17.2 Å². The van der Waals surface area contributed by atoms with Crippen molar-refractivity contribution >= 4 is 0 Å². The number of piperidine rings is 1. The molecule has 0 amide bonds. The van der Waals surface area contributed by atoms with Crippen molar-refractivity contribution in [3.63, 3.8) is 0 Å². The first-order valence-electron chi connectivity index (χ1n) is 5.49. The molecule has 0 aromatic heterocycles. The Morgan fingerprint density at radius 2 is 1.86 bits per heavy atom. The van der Waals surface area contributed by atoms with Crippen LogP contribution in [0.15, 0.2) is 0 Å². The maximum atomic E-state index is 10.1. The Hall–Kier alpha value is -0.120. The van der Waals surface area contributed by atoms with Crippen LogP contribution in [0.1, 0.15) is 53.4 Å². The molecular weight excluding hydrogens is 178 g/mol. The Bertz CT molecular complexity index is 205. The lowest BCUT2D eigenvalue weighted by molar-refractivity contribution is -0.264. The fourth-order valence-electron chi connectivity index (χ4n) is 2.81. The number of hydrogen-bond acceptors (Lipinski definition) is 3. The van der Waals surface area contributed by atoms with E-state index in [1.54, 1.807) is 0 Å². The number of hydrogen-bond donors (Lipinski definition) is 2. The molecule has 1 aliphatic rings. The number of aliphatic hydroxyl groups is 1. The van der Waals surface area contributed by atoms with Gasteiger partial charge in [-0.3, -0.25) is 0 Å². The maximum absolute atomic E-state index is 10.1. The van der Waals surface area contributed by atoms with Crippen molar-refractivity contribution in [1.29, 1.82) is 0 Å². The van der Waals surface area contributed by atoms with Crippen LogP contribution in [-0.2, 0) is 0 Å². The molecule has 3 nitrogen and oxygen atoms in total. The summed E-state index contributed by atoms with van der Waals surface area (Å²) in [6, 6.07) is 0. The average Bonchev–Trinajstić information content (AvgIpc) is 1.99. The third-order valence-corrected chi connectivity index (χ3v) is 3.28. The lowest BCUT2D eigenvalue weighted by atomic mass is 9.77. The minimum atomic E-state index is -0.318. The molecule has 84 valence electrons. The van der Waals surface area contributed by atoms with Gasteiger partial charge in [-0.15, -0.1) is 0 Å². The molecule has 2 atom stereocenters. The van der Waals surface area contributed by atoms with Crippen LogP contribution >= 0.6 is 0 Å². The van der Waals surface area contributed by atoms with Crippen molar-refractivity contribution in [3.8, 4) is 0 Å². The quantitative estimate of drug-likeness (QED) is 0.719. The predicted molar refractivity (Wildman–Crippen MR) is 56.3 cm³/mol. The molecule has 2 N–H and O–H groups in total. The van der Waals surface area contributed by atoms with Gasteiger partial charge in [0, 0.05) is 11.1 Å². The molecule has 0 bridgehead atoms. The van der Waals surface area contributed by atoms with E-state index in [1.807, 2.05) is 20.8 Å². The molecule has 0 aliphatic carbocycles. The Morgan fingerprint density at radius 1 is 1.29 bits per heavy atom. The molecule has 14 heavy (non-hydrogen) atoms. The fraction of sp³-hybridized carbons (Fsp3) is 1.00. The van der Waals surface area contributed by atoms with Crippen LogP contribution in [0.5, 0.6) is 0 Å². The van der Waals surface area contributed by atoms with Gasteiger partial charge in [0.25, 0.3) is 0 Å². The molecule has 1 heterocycles. The molecule has 0 aromatic rings. The first-order valence-corrected chi connectivity index (χ1v) is 5.49. The van der Waals surface area contributed by atoms with Crippen molar-refractivity contribution in [2.24, 2.45) is 0 Å². The van der Waals surface area contributed by atoms with Crippen LogP contribution < -0.4 is 0 Å². The third kappa shape index (κ3) is 2.10. The number of nitrogens with zero attached hydrogens (tertiary/aromatic N) is 1. The van der Waals surface area contributed by atoms with Gasteiger partial charge < -0.3 is 10.3 Å². The van der Waals surface area contributed by atoms with Gasteiger partial charge in [-0.25, -0.2) is 0 Å². The number of hydroxylamine groups is 2. The normalized spacial score (nSPS) is 38.6. The molecule has 0 aromatic carbocycles. The highest BCUT2D eigenvalue weighted by molar-refractivity contribution is 4.98. The van der Waals surface area contributed by atoms with Crippen LogP contribution in [0.25, 0.3) is 0 Å². The summed E-state index contributed by atoms with van der Waals surface area (Å²) in [5.74, 6) is 0. The zero-order valence-electron chi connectivity index (χ0n) is 9.75. The smallest absolute Gasteiger partial charge is 0.0577 e. The van der Waals surface area contributed by atoms with Gasteiger partial charge >= 0.3 is 0 Å². The number of rotatable bonds is 2. The second-order valence-electron chi connectivity index (χ2n) is 5.43. The largest absolute Gasteiger partial charge is 0.393 e. The van der Waals surface area contributed by atoms with Gasteiger partial charge in [0.2, 0.25) is 0 Å². The monoisotopic (exact) mass is 201 g/mol. The van der Waals surface area contributed by atoms with Gasteiger partial charge in [0.05, 0.1) is 6.10 Å². The van der Waals surface area contributed by atoms with Crippen molar-refractivity contribution in [3.05, 3.63) is 0 Å². The second-order valence-corrected chi connectivity index (χ2v) is 5.43. The molecule has 1 aliphatic heterocycles. The van der Waals surface area contributed by atoms with Crippen LogP contribution in [0.2, 0.25) is 0 Å². The average molecular weight is 201 g/mol. The summed E-state index contributed by atoms with van der Waals surface area (Å²) in [6.45, 7) is 8.08. The summed E-state index contributed by atoms with van der Waals surface area (Å²) >= 11 is 0. The molecule has 1 rings (SSSR count). The standard InChI is InChI=1S/C11H23NO2/c1-5-6-11(4)8-9(13)7-10(2,3)12(11)14/h9,13-14H,5-8H2,1-4H3/t9?,11-/m1/s1. The van der Waals surface area contributed by atoms with E-state index in [0.29, 0.717) is 12.8 Å². The van der Waals surface area contributed by atoms with E-state index in [2.05, 4.69) is 6.92 Å². The minimum Gasteiger partial charge on any atom is -0.393 e. The van der Waals surface area contributed by atoms with E-state index in [4.69, 9.17) is 0 Å². The minimum absolute atomic E-state index is 0.268. The zero-order chi connectivity index (χ0) is 11.0. The van der Waals surface area contributed by atoms with Crippen molar-refractivity contribution in [2.45, 2.75) is 70.6 Å². The third-order valence-electron chi connectivity index (χ3n) is 3.28. The van der Waals surface area contributed by atoms with Crippen molar-refractivity contribution in [1.82, 2.24) is 5.06 Å². The Kier molecular flexibility index (Phi) is 3.24. The molecule has 0 saturated carbocycles. The SMILES string of the molecule is CCC[C@]1(C)CC(O)CC(C)(C)N1O. The van der Waals surface area contributed by atoms with Gasteiger partial charge in [-0.2, -0.15) is 5.06 Å². The summed E-state index contributed by atoms with van der Waals surface area (Å²) < 4.78 is 0. The predicted octanol–water partition coefficient (Wildman–Crippen LogP) is 2.17. The first kappa shape index (κ1) is 12.0. The summed E-state index contributed by atoms with van der Waals surface area (Å²) in [5, 5.41) is 21.4. The Morgan fingerprint density at radius 3 is 2.36 bits per heavy atom. The molecule has 3 heteroatoms. The highest BCUT2D eigenvalue weighted by atomic mass is 16.5. The summed E-state index contributed by atoms with van der Waals surface area (Å²) in [5.41, 5.74) is -0.586. The van der Waals surface area contributed by atoms with Gasteiger partial charge in [-0.1, -0.05) is 13.3 Å². The van der Waals surface area contributed by atoms with Crippen LogP contribution in [0, 0.1) is 0 Å². The highest BCUT2D eigenvalue weighted by Gasteiger charge is 2.46. The molecule has 1 fully saturated rings. The van der Waals surface area contributed by atoms with Crippen LogP contribution in [-0.4, -0.2) is 32.6 Å². The van der Waals surface area contributed by atoms with Gasteiger partial charge in [0.15, 0.2) is 0 Å². The van der Waals surface area contributed by atoms with E-state index in [9.17, 15) is 10.3 Å². The molecular formula is C11H23NO2. The lowest BCUT2D eigenvalue weighted by Gasteiger charge is -2.52. The summed E-state index contributed by atoms with van der Waals surface area (Å²) in [4.78, 5) is 0. The van der Waals surface area contributed by atoms with Crippen LogP contribution in [0.3, 0.4) is 0 Å². The van der Waals surface area contributed by atoms with Gasteiger partial charge in [-0.05, 0) is 40.0 Å². The fourth-order valence-corrected chi connectivity index (χ4v) is 2.81. The van der Waals surface area contributed by atoms with E-state index >= 15 is 0 Å². The van der Waals surface area contributed by atoms with Crippen molar-refractivity contribution in [2.75, 3.05) is 0 Å². The first-order chi connectivity index (χ1) is 6.32. The molecule has 1 saturated heterocycles. The Balaban J connectivity index is 2.84. The molecule has 0 radical (unpaired) electrons. The lowest BCUT2D eigenvalue weighted by Crippen LogP contribution is -2.61. The van der Waals surface area contributed by atoms with E-state index < -0.39 is 0 Å². The summed E-state index contributed by atoms with van der Waals surface area (Å²) in [6.07, 6.45) is 2.97. The highest BCUT2D eigenvalue weighted by Crippen LogP contribution is 2.39. The number of aliphatic hydroxyl groups excluding tert-OH is 1. The van der Waals surface area contributed by atoms with E-state index in [1.165, 1.54) is 5.06 Å². The van der Waals surface area contributed by atoms with Crippen molar-refractivity contribution < 1.29 is 10.3 Å². The summed E-state index contributed by atoms with van der Waals surface area (Å²) in [7, 11) is 0. The second kappa shape index (κ2) is 3.80. The molecule has 0 spiro atoms. The molecule has 1 unspecified atom stereocenters. The van der Waals surface area contributed by atoms with E-state index in [0.717, 1.165) is 12.8 Å². The maximum Gasteiger partial charge on any atom is 0.0577 e.